The monoisotopic (exact) mass is 947 g/mol. The van der Waals surface area contributed by atoms with Crippen molar-refractivity contribution in [3.8, 4) is 0 Å². The van der Waals surface area contributed by atoms with E-state index in [2.05, 4.69) is 159 Å². The van der Waals surface area contributed by atoms with Crippen LogP contribution >= 0.6 is 159 Å². The van der Waals surface area contributed by atoms with E-state index in [1.807, 2.05) is 0 Å². The zero-order chi connectivity index (χ0) is 17.6. The van der Waals surface area contributed by atoms with Crippen LogP contribution in [0.5, 0.6) is 0 Å². The number of benzene rings is 2. The summed E-state index contributed by atoms with van der Waals surface area (Å²) in [5, 5.41) is 0. The van der Waals surface area contributed by atoms with Gasteiger partial charge in [0.2, 0.25) is 0 Å². The molecule has 0 aliphatic rings. The second-order valence-corrected chi connectivity index (χ2v) is 12.2. The topological polar surface area (TPSA) is 0 Å². The van der Waals surface area contributed by atoms with Crippen molar-refractivity contribution in [1.29, 1.82) is 0 Å². The maximum atomic E-state index is 3.68. The van der Waals surface area contributed by atoms with Gasteiger partial charge in [0, 0.05) is 51.1 Å². The molecule has 0 N–H and O–H groups in total. The molecule has 2 rings (SSSR count). The first-order valence-corrected chi connectivity index (χ1v) is 13.5. The molecule has 0 fully saturated rings. The first-order valence-electron chi connectivity index (χ1n) is 5.60. The minimum Gasteiger partial charge on any atom is -0.0492 e. The van der Waals surface area contributed by atoms with E-state index in [1.54, 1.807) is 0 Å². The fourth-order valence-corrected chi connectivity index (χ4v) is 8.61. The third-order valence-electron chi connectivity index (χ3n) is 2.95. The summed E-state index contributed by atoms with van der Waals surface area (Å²) in [6.45, 7) is 0. The third-order valence-corrected chi connectivity index (χ3v) is 15.5. The highest BCUT2D eigenvalue weighted by atomic mass is 79.9. The summed E-state index contributed by atoms with van der Waals surface area (Å²) in [6.07, 6.45) is 0.706. The molecular weight excluding hydrogens is 955 g/mol. The third kappa shape index (κ3) is 4.47. The molecule has 2 aromatic rings. The Hall–Kier alpha value is 3.24. The molecule has 23 heavy (non-hydrogen) atoms. The van der Waals surface area contributed by atoms with Crippen molar-refractivity contribution >= 4 is 159 Å². The second kappa shape index (κ2) is 9.16. The quantitative estimate of drug-likeness (QED) is 0.208. The van der Waals surface area contributed by atoms with Crippen LogP contribution in [0.2, 0.25) is 0 Å². The molecule has 0 spiro atoms. The number of hydrogen-bond acceptors (Lipinski definition) is 0. The summed E-state index contributed by atoms with van der Waals surface area (Å²) in [4.78, 5) is 0. The van der Waals surface area contributed by atoms with E-state index in [0.29, 0.717) is 6.42 Å². The van der Waals surface area contributed by atoms with E-state index in [0.717, 1.165) is 55.9 Å². The van der Waals surface area contributed by atoms with Crippen molar-refractivity contribution < 1.29 is 0 Å². The molecule has 0 atom stereocenters. The molecule has 0 radical (unpaired) electrons. The Morgan fingerprint density at radius 1 is 0.304 bits per heavy atom. The molecule has 0 aliphatic heterocycles. The van der Waals surface area contributed by atoms with Gasteiger partial charge in [-0.25, -0.2) is 0 Å². The van der Waals surface area contributed by atoms with Crippen molar-refractivity contribution in [3.63, 3.8) is 0 Å². The minimum absolute atomic E-state index is 0.706. The van der Waals surface area contributed by atoms with Crippen molar-refractivity contribution in [2.45, 2.75) is 6.42 Å². The maximum Gasteiger partial charge on any atom is 0.0482 e. The van der Waals surface area contributed by atoms with E-state index < -0.39 is 0 Å². The number of rotatable bonds is 2. The van der Waals surface area contributed by atoms with E-state index in [9.17, 15) is 0 Å². The highest BCUT2D eigenvalue weighted by Gasteiger charge is 2.22. The SMILES string of the molecule is Brc1c(Br)c(Br)c(Cc2c(Br)c(Br)c(Br)c(Br)c2Br)c(Br)c1Br. The smallest absolute Gasteiger partial charge is 0.0482 e. The van der Waals surface area contributed by atoms with Crippen molar-refractivity contribution in [2.24, 2.45) is 0 Å². The highest BCUT2D eigenvalue weighted by Crippen LogP contribution is 2.49. The van der Waals surface area contributed by atoms with E-state index >= 15 is 0 Å². The lowest BCUT2D eigenvalue weighted by Crippen LogP contribution is -1.98. The lowest BCUT2D eigenvalue weighted by atomic mass is 10.1. The molecular formula is C13H2Br10. The molecule has 10 heteroatoms. The van der Waals surface area contributed by atoms with Gasteiger partial charge in [0.1, 0.15) is 0 Å². The first-order chi connectivity index (χ1) is 10.6. The zero-order valence-electron chi connectivity index (χ0n) is 10.5. The van der Waals surface area contributed by atoms with Crippen LogP contribution in [0.15, 0.2) is 44.7 Å². The molecule has 2 aromatic carbocycles. The Bertz CT molecular complexity index is 686. The van der Waals surface area contributed by atoms with E-state index in [4.69, 9.17) is 0 Å². The fraction of sp³-hybridized carbons (Fsp3) is 0.0769. The molecule has 0 saturated carbocycles. The average molecular weight is 957 g/mol. The molecule has 0 unspecified atom stereocenters. The number of hydrogen-bond donors (Lipinski definition) is 0. The van der Waals surface area contributed by atoms with Gasteiger partial charge in [0.25, 0.3) is 0 Å². The lowest BCUT2D eigenvalue weighted by Gasteiger charge is -2.17. The predicted molar refractivity (Wildman–Crippen MR) is 133 cm³/mol. The summed E-state index contributed by atoms with van der Waals surface area (Å²) in [6, 6.07) is 0. The van der Waals surface area contributed by atoms with Crippen LogP contribution in [0.25, 0.3) is 0 Å². The van der Waals surface area contributed by atoms with Gasteiger partial charge in [-0.2, -0.15) is 0 Å². The Balaban J connectivity index is 2.71. The van der Waals surface area contributed by atoms with Crippen LogP contribution in [0.4, 0.5) is 0 Å². The lowest BCUT2D eigenvalue weighted by molar-refractivity contribution is 1.11. The number of halogens is 10. The Morgan fingerprint density at radius 2 is 0.478 bits per heavy atom. The summed E-state index contributed by atoms with van der Waals surface area (Å²) < 4.78 is 9.74. The molecule has 124 valence electrons. The van der Waals surface area contributed by atoms with Crippen molar-refractivity contribution in [2.75, 3.05) is 0 Å². The van der Waals surface area contributed by atoms with Crippen LogP contribution in [0.3, 0.4) is 0 Å². The molecule has 0 aromatic heterocycles. The largest absolute Gasteiger partial charge is 0.0492 e. The average Bonchev–Trinajstić information content (AvgIpc) is 2.54. The Labute approximate surface area is 218 Å². The Kier molecular flexibility index (Phi) is 8.97. The van der Waals surface area contributed by atoms with Gasteiger partial charge in [0.05, 0.1) is 0 Å². The molecule has 0 saturated heterocycles. The van der Waals surface area contributed by atoms with Crippen LogP contribution in [0, 0.1) is 0 Å². The van der Waals surface area contributed by atoms with Crippen LogP contribution in [-0.2, 0) is 6.42 Å². The van der Waals surface area contributed by atoms with Gasteiger partial charge in [0.15, 0.2) is 0 Å². The standard InChI is InChI=1S/C13H2Br10/c14-4-2(5(15)9(19)12(22)8(4)18)1-3-6(16)10(20)13(23)11(21)7(3)17/h1H2. The van der Waals surface area contributed by atoms with Crippen LogP contribution in [-0.4, -0.2) is 0 Å². The predicted octanol–water partition coefficient (Wildman–Crippen LogP) is 10.9. The van der Waals surface area contributed by atoms with Gasteiger partial charge in [-0.1, -0.05) is 0 Å². The summed E-state index contributed by atoms with van der Waals surface area (Å²) >= 11 is 36.3. The zero-order valence-corrected chi connectivity index (χ0v) is 26.3. The van der Waals surface area contributed by atoms with E-state index in [-0.39, 0.29) is 0 Å². The van der Waals surface area contributed by atoms with Crippen LogP contribution in [0.1, 0.15) is 11.1 Å². The Morgan fingerprint density at radius 3 is 0.696 bits per heavy atom. The van der Waals surface area contributed by atoms with E-state index in [1.165, 1.54) is 0 Å². The molecule has 0 nitrogen and oxygen atoms in total. The summed E-state index contributed by atoms with van der Waals surface area (Å²) in [5.74, 6) is 0. The van der Waals surface area contributed by atoms with Gasteiger partial charge in [-0.3, -0.25) is 0 Å². The van der Waals surface area contributed by atoms with Gasteiger partial charge in [-0.05, 0) is 170 Å². The van der Waals surface area contributed by atoms with Gasteiger partial charge in [-0.15, -0.1) is 0 Å². The minimum atomic E-state index is 0.706. The fourth-order valence-electron chi connectivity index (χ4n) is 1.79. The molecule has 0 heterocycles. The van der Waals surface area contributed by atoms with Gasteiger partial charge < -0.3 is 0 Å². The summed E-state index contributed by atoms with van der Waals surface area (Å²) in [7, 11) is 0. The van der Waals surface area contributed by atoms with Crippen LogP contribution < -0.4 is 0 Å². The summed E-state index contributed by atoms with van der Waals surface area (Å²) in [5.41, 5.74) is 2.24. The molecule has 0 aliphatic carbocycles. The normalized spacial score (nSPS) is 11.2. The second-order valence-electron chi connectivity index (χ2n) is 4.27. The van der Waals surface area contributed by atoms with Crippen molar-refractivity contribution in [3.05, 3.63) is 55.9 Å². The first kappa shape index (κ1) is 22.5. The highest BCUT2D eigenvalue weighted by molar-refractivity contribution is 9.16. The van der Waals surface area contributed by atoms with Gasteiger partial charge >= 0.3 is 0 Å². The van der Waals surface area contributed by atoms with Crippen molar-refractivity contribution in [1.82, 2.24) is 0 Å². The molecule has 0 bridgehead atoms. The molecule has 0 amide bonds. The maximum absolute atomic E-state index is 3.68.